The highest BCUT2D eigenvalue weighted by Gasteiger charge is 2.28. The second kappa shape index (κ2) is 7.85. The summed E-state index contributed by atoms with van der Waals surface area (Å²) < 4.78 is 11.3. The van der Waals surface area contributed by atoms with Crippen molar-refractivity contribution in [3.05, 3.63) is 51.3 Å². The second-order valence-electron chi connectivity index (χ2n) is 5.63. The minimum Gasteiger partial charge on any atom is -0.459 e. The fraction of sp³-hybridized carbons (Fsp3) is 0.294. The summed E-state index contributed by atoms with van der Waals surface area (Å²) in [5.74, 6) is -0.827. The van der Waals surface area contributed by atoms with Crippen LogP contribution in [0.15, 0.2) is 39.4 Å². The zero-order valence-electron chi connectivity index (χ0n) is 13.4. The van der Waals surface area contributed by atoms with Crippen molar-refractivity contribution in [2.75, 3.05) is 0 Å². The van der Waals surface area contributed by atoms with E-state index in [1.165, 1.54) is 12.3 Å². The summed E-state index contributed by atoms with van der Waals surface area (Å²) in [6.07, 6.45) is 1.39. The molecule has 1 aromatic carbocycles. The maximum absolute atomic E-state index is 12.5. The Labute approximate surface area is 153 Å². The molecule has 0 saturated heterocycles. The van der Waals surface area contributed by atoms with E-state index >= 15 is 0 Å². The third kappa shape index (κ3) is 4.39. The molecule has 1 aromatic heterocycles. The lowest BCUT2D eigenvalue weighted by Crippen LogP contribution is -2.46. The molecule has 0 radical (unpaired) electrons. The highest BCUT2D eigenvalue weighted by Crippen LogP contribution is 2.32. The van der Waals surface area contributed by atoms with Crippen LogP contribution in [0.5, 0.6) is 5.75 Å². The van der Waals surface area contributed by atoms with Crippen molar-refractivity contribution in [1.29, 1.82) is 0 Å². The summed E-state index contributed by atoms with van der Waals surface area (Å²) in [7, 11) is 0. The van der Waals surface area contributed by atoms with Crippen molar-refractivity contribution in [1.82, 2.24) is 5.32 Å². The number of amides is 1. The minimum atomic E-state index is -0.832. The number of carbonyl (C=O) groups excluding carboxylic acids is 2. The van der Waals surface area contributed by atoms with Gasteiger partial charge in [0.2, 0.25) is 0 Å². The smallest absolute Gasteiger partial charge is 0.334 e. The zero-order valence-corrected chi connectivity index (χ0v) is 15.8. The lowest BCUT2D eigenvalue weighted by molar-refractivity contribution is -0.137. The van der Waals surface area contributed by atoms with Crippen LogP contribution in [-0.2, 0) is 4.79 Å². The number of hydrogen-bond donors (Lipinski definition) is 1. The first-order chi connectivity index (χ1) is 11.3. The van der Waals surface area contributed by atoms with Crippen LogP contribution in [-0.4, -0.2) is 17.9 Å². The van der Waals surface area contributed by atoms with Gasteiger partial charge in [-0.1, -0.05) is 41.4 Å². The molecule has 0 spiro atoms. The highest BCUT2D eigenvalue weighted by molar-refractivity contribution is 9.10. The molecule has 2 rings (SSSR count). The number of aryl methyl sites for hydroxylation is 1. The van der Waals surface area contributed by atoms with Gasteiger partial charge in [-0.05, 0) is 42.7 Å². The number of hydrogen-bond acceptors (Lipinski definition) is 4. The van der Waals surface area contributed by atoms with E-state index in [0.29, 0.717) is 10.6 Å². The van der Waals surface area contributed by atoms with Crippen molar-refractivity contribution >= 4 is 39.4 Å². The number of benzene rings is 1. The molecule has 5 nitrogen and oxygen atoms in total. The van der Waals surface area contributed by atoms with Gasteiger partial charge in [0, 0.05) is 4.47 Å². The monoisotopic (exact) mass is 413 g/mol. The number of nitrogens with one attached hydrogen (secondary N) is 1. The Morgan fingerprint density at radius 1 is 1.33 bits per heavy atom. The average molecular weight is 415 g/mol. The molecule has 1 heterocycles. The van der Waals surface area contributed by atoms with Crippen molar-refractivity contribution in [2.45, 2.75) is 26.8 Å². The van der Waals surface area contributed by atoms with Gasteiger partial charge in [0.15, 0.2) is 11.5 Å². The predicted molar refractivity (Wildman–Crippen MR) is 94.3 cm³/mol. The predicted octanol–water partition coefficient (Wildman–Crippen LogP) is 4.36. The highest BCUT2D eigenvalue weighted by atomic mass is 79.9. The third-order valence-corrected chi connectivity index (χ3v) is 4.09. The van der Waals surface area contributed by atoms with Crippen LogP contribution >= 0.6 is 27.5 Å². The van der Waals surface area contributed by atoms with Gasteiger partial charge in [-0.25, -0.2) is 4.79 Å². The molecule has 0 aliphatic carbocycles. The maximum atomic E-state index is 12.5. The molecule has 1 N–H and O–H groups in total. The van der Waals surface area contributed by atoms with Gasteiger partial charge in [0.25, 0.3) is 5.91 Å². The van der Waals surface area contributed by atoms with Gasteiger partial charge in [-0.15, -0.1) is 0 Å². The summed E-state index contributed by atoms with van der Waals surface area (Å²) in [6.45, 7) is 5.40. The Balaban J connectivity index is 2.17. The Hall–Kier alpha value is -1.79. The second-order valence-corrected chi connectivity index (χ2v) is 6.95. The first-order valence-electron chi connectivity index (χ1n) is 7.31. The van der Waals surface area contributed by atoms with Crippen molar-refractivity contribution < 1.29 is 18.7 Å². The Kier molecular flexibility index (Phi) is 6.07. The number of halogens is 2. The number of rotatable bonds is 5. The molecular weight excluding hydrogens is 398 g/mol. The molecule has 128 valence electrons. The van der Waals surface area contributed by atoms with Crippen LogP contribution in [0.2, 0.25) is 5.02 Å². The molecule has 0 saturated carbocycles. The van der Waals surface area contributed by atoms with E-state index in [4.69, 9.17) is 20.8 Å². The van der Waals surface area contributed by atoms with Crippen LogP contribution in [0, 0.1) is 12.8 Å². The summed E-state index contributed by atoms with van der Waals surface area (Å²) >= 11 is 9.47. The molecule has 7 heteroatoms. The minimum absolute atomic E-state index is 0.131. The van der Waals surface area contributed by atoms with Crippen LogP contribution in [0.4, 0.5) is 0 Å². The largest absolute Gasteiger partial charge is 0.459 e. The number of carbonyl (C=O) groups is 2. The fourth-order valence-corrected chi connectivity index (χ4v) is 3.11. The van der Waals surface area contributed by atoms with Crippen molar-refractivity contribution in [3.8, 4) is 5.75 Å². The topological polar surface area (TPSA) is 68.5 Å². The molecule has 2 aromatic rings. The van der Waals surface area contributed by atoms with E-state index < -0.39 is 17.9 Å². The van der Waals surface area contributed by atoms with Crippen LogP contribution in [0.25, 0.3) is 0 Å². The molecule has 1 atom stereocenters. The molecule has 0 aliphatic rings. The van der Waals surface area contributed by atoms with Crippen LogP contribution in [0.3, 0.4) is 0 Å². The zero-order chi connectivity index (χ0) is 17.9. The first kappa shape index (κ1) is 18.5. The van der Waals surface area contributed by atoms with Gasteiger partial charge in [0.05, 0.1) is 11.3 Å². The lowest BCUT2D eigenvalue weighted by Gasteiger charge is -2.21. The van der Waals surface area contributed by atoms with Crippen molar-refractivity contribution in [2.24, 2.45) is 5.92 Å². The average Bonchev–Trinajstić information content (AvgIpc) is 3.02. The quantitative estimate of drug-likeness (QED) is 0.583. The standard InChI is InChI=1S/C17H17BrClNO4/c1-9(2)14(20-16(21)13-5-4-6-23-13)17(22)24-15-10(3)7-11(18)8-12(15)19/h4-9,14H,1-3H3,(H,20,21)/t14-/m0/s1. The summed E-state index contributed by atoms with van der Waals surface area (Å²) in [4.78, 5) is 24.6. The number of esters is 1. The van der Waals surface area contributed by atoms with E-state index in [9.17, 15) is 9.59 Å². The summed E-state index contributed by atoms with van der Waals surface area (Å²) in [6, 6.07) is 5.72. The molecule has 0 bridgehead atoms. The summed E-state index contributed by atoms with van der Waals surface area (Å²) in [5, 5.41) is 2.94. The Morgan fingerprint density at radius 2 is 2.04 bits per heavy atom. The Morgan fingerprint density at radius 3 is 2.58 bits per heavy atom. The van der Waals surface area contributed by atoms with E-state index in [0.717, 1.165) is 4.47 Å². The molecule has 1 amide bonds. The number of furan rings is 1. The normalized spacial score (nSPS) is 12.1. The van der Waals surface area contributed by atoms with E-state index in [-0.39, 0.29) is 17.4 Å². The van der Waals surface area contributed by atoms with Gasteiger partial charge in [-0.2, -0.15) is 0 Å². The Bertz CT molecular complexity index is 720. The van der Waals surface area contributed by atoms with E-state index in [2.05, 4.69) is 21.2 Å². The van der Waals surface area contributed by atoms with Gasteiger partial charge < -0.3 is 14.5 Å². The molecule has 24 heavy (non-hydrogen) atoms. The molecular formula is C17H17BrClNO4. The van der Waals surface area contributed by atoms with E-state index in [1.54, 1.807) is 25.1 Å². The first-order valence-corrected chi connectivity index (χ1v) is 8.48. The molecule has 0 fully saturated rings. The lowest BCUT2D eigenvalue weighted by atomic mass is 10.0. The fourth-order valence-electron chi connectivity index (χ4n) is 2.10. The SMILES string of the molecule is Cc1cc(Br)cc(Cl)c1OC(=O)[C@@H](NC(=O)c1ccco1)C(C)C. The number of ether oxygens (including phenoxy) is 1. The van der Waals surface area contributed by atoms with Gasteiger partial charge >= 0.3 is 5.97 Å². The maximum Gasteiger partial charge on any atom is 0.334 e. The van der Waals surface area contributed by atoms with Crippen LogP contribution in [0.1, 0.15) is 30.0 Å². The molecule has 0 unspecified atom stereocenters. The van der Waals surface area contributed by atoms with Gasteiger partial charge in [0.1, 0.15) is 6.04 Å². The van der Waals surface area contributed by atoms with E-state index in [1.807, 2.05) is 13.8 Å². The van der Waals surface area contributed by atoms with Crippen LogP contribution < -0.4 is 10.1 Å². The summed E-state index contributed by atoms with van der Waals surface area (Å²) in [5.41, 5.74) is 0.711. The third-order valence-electron chi connectivity index (χ3n) is 3.35. The molecule has 0 aliphatic heterocycles. The van der Waals surface area contributed by atoms with Crippen molar-refractivity contribution in [3.63, 3.8) is 0 Å². The van der Waals surface area contributed by atoms with Gasteiger partial charge in [-0.3, -0.25) is 4.79 Å².